The fourth-order valence-electron chi connectivity index (χ4n) is 1.33. The zero-order valence-electron chi connectivity index (χ0n) is 6.53. The van der Waals surface area contributed by atoms with E-state index < -0.39 is 5.95 Å². The highest BCUT2D eigenvalue weighted by Crippen LogP contribution is 2.31. The summed E-state index contributed by atoms with van der Waals surface area (Å²) in [6, 6.07) is 0.179. The van der Waals surface area contributed by atoms with E-state index in [-0.39, 0.29) is 11.6 Å². The van der Waals surface area contributed by atoms with E-state index in [1.54, 1.807) is 0 Å². The third-order valence-corrected chi connectivity index (χ3v) is 2.31. The minimum absolute atomic E-state index is 0.0573. The summed E-state index contributed by atoms with van der Waals surface area (Å²) in [5, 5.41) is 3.82. The summed E-state index contributed by atoms with van der Waals surface area (Å²) < 4.78 is 14.5. The molecule has 1 heterocycles. The maximum atomic E-state index is 13.2. The fourth-order valence-corrected chi connectivity index (χ4v) is 1.33. The standard InChI is InChI=1S/C8H9FN2O/c9-8-6(5-12)4-10-11(8)7-2-1-3-7/h4-5,7H,1-3H2. The van der Waals surface area contributed by atoms with Gasteiger partial charge in [-0.1, -0.05) is 0 Å². The summed E-state index contributed by atoms with van der Waals surface area (Å²) in [6.45, 7) is 0. The molecule has 1 fully saturated rings. The van der Waals surface area contributed by atoms with Gasteiger partial charge in [-0.05, 0) is 19.3 Å². The number of hydrogen-bond acceptors (Lipinski definition) is 2. The second kappa shape index (κ2) is 2.69. The van der Waals surface area contributed by atoms with Gasteiger partial charge in [-0.2, -0.15) is 9.49 Å². The van der Waals surface area contributed by atoms with Crippen molar-refractivity contribution < 1.29 is 9.18 Å². The Morgan fingerprint density at radius 2 is 2.42 bits per heavy atom. The highest BCUT2D eigenvalue weighted by molar-refractivity contribution is 5.73. The number of halogens is 1. The first-order valence-electron chi connectivity index (χ1n) is 4.01. The topological polar surface area (TPSA) is 34.9 Å². The zero-order chi connectivity index (χ0) is 8.55. The molecule has 0 spiro atoms. The van der Waals surface area contributed by atoms with Gasteiger partial charge in [0.15, 0.2) is 6.29 Å². The Morgan fingerprint density at radius 3 is 2.83 bits per heavy atom. The summed E-state index contributed by atoms with van der Waals surface area (Å²) >= 11 is 0. The fraction of sp³-hybridized carbons (Fsp3) is 0.500. The summed E-state index contributed by atoms with van der Waals surface area (Å²) in [6.07, 6.45) is 4.84. The Morgan fingerprint density at radius 1 is 1.67 bits per heavy atom. The number of rotatable bonds is 2. The third kappa shape index (κ3) is 0.948. The van der Waals surface area contributed by atoms with Gasteiger partial charge in [0, 0.05) is 0 Å². The first-order valence-corrected chi connectivity index (χ1v) is 4.01. The van der Waals surface area contributed by atoms with Crippen molar-refractivity contribution >= 4 is 6.29 Å². The minimum Gasteiger partial charge on any atom is -0.298 e. The molecule has 1 aliphatic carbocycles. The molecule has 0 aliphatic heterocycles. The maximum Gasteiger partial charge on any atom is 0.222 e. The van der Waals surface area contributed by atoms with Crippen molar-refractivity contribution in [3.05, 3.63) is 17.7 Å². The molecule has 0 saturated heterocycles. The van der Waals surface area contributed by atoms with Gasteiger partial charge < -0.3 is 0 Å². The molecule has 1 aliphatic rings. The molecule has 1 aromatic heterocycles. The van der Waals surface area contributed by atoms with Gasteiger partial charge >= 0.3 is 0 Å². The van der Waals surface area contributed by atoms with Gasteiger partial charge in [0.05, 0.1) is 17.8 Å². The van der Waals surface area contributed by atoms with Crippen LogP contribution in [0.1, 0.15) is 35.7 Å². The van der Waals surface area contributed by atoms with Gasteiger partial charge in [-0.3, -0.25) is 4.79 Å². The van der Waals surface area contributed by atoms with Crippen LogP contribution in [0.4, 0.5) is 4.39 Å². The molecule has 0 atom stereocenters. The van der Waals surface area contributed by atoms with Crippen LogP contribution in [-0.4, -0.2) is 16.1 Å². The van der Waals surface area contributed by atoms with Gasteiger partial charge in [-0.15, -0.1) is 0 Å². The van der Waals surface area contributed by atoms with Crippen LogP contribution in [0.25, 0.3) is 0 Å². The van der Waals surface area contributed by atoms with Crippen LogP contribution in [0, 0.1) is 5.95 Å². The van der Waals surface area contributed by atoms with Gasteiger partial charge in [0.1, 0.15) is 0 Å². The second-order valence-electron chi connectivity index (χ2n) is 3.04. The monoisotopic (exact) mass is 168 g/mol. The largest absolute Gasteiger partial charge is 0.298 e. The van der Waals surface area contributed by atoms with Crippen molar-refractivity contribution in [3.8, 4) is 0 Å². The molecular weight excluding hydrogens is 159 g/mol. The predicted molar refractivity (Wildman–Crippen MR) is 40.5 cm³/mol. The summed E-state index contributed by atoms with van der Waals surface area (Å²) in [5.41, 5.74) is 0.0573. The summed E-state index contributed by atoms with van der Waals surface area (Å²) in [7, 11) is 0. The molecule has 1 saturated carbocycles. The van der Waals surface area contributed by atoms with Crippen LogP contribution < -0.4 is 0 Å². The number of nitrogens with zero attached hydrogens (tertiary/aromatic N) is 2. The minimum atomic E-state index is -0.491. The predicted octanol–water partition coefficient (Wildman–Crippen LogP) is 1.56. The van der Waals surface area contributed by atoms with Crippen LogP contribution in [0.3, 0.4) is 0 Å². The third-order valence-electron chi connectivity index (χ3n) is 2.31. The lowest BCUT2D eigenvalue weighted by Crippen LogP contribution is -2.19. The molecular formula is C8H9FN2O. The van der Waals surface area contributed by atoms with E-state index in [1.807, 2.05) is 0 Å². The molecule has 12 heavy (non-hydrogen) atoms. The molecule has 64 valence electrons. The quantitative estimate of drug-likeness (QED) is 0.628. The van der Waals surface area contributed by atoms with Crippen molar-refractivity contribution in [1.82, 2.24) is 9.78 Å². The highest BCUT2D eigenvalue weighted by atomic mass is 19.1. The van der Waals surface area contributed by atoms with Crippen molar-refractivity contribution in [2.24, 2.45) is 0 Å². The first kappa shape index (κ1) is 7.46. The Hall–Kier alpha value is -1.19. The van der Waals surface area contributed by atoms with E-state index in [9.17, 15) is 9.18 Å². The van der Waals surface area contributed by atoms with Gasteiger partial charge in [-0.25, -0.2) is 4.68 Å². The maximum absolute atomic E-state index is 13.2. The van der Waals surface area contributed by atoms with E-state index in [1.165, 1.54) is 10.9 Å². The Labute approximate surface area is 69.2 Å². The van der Waals surface area contributed by atoms with Crippen LogP contribution in [0.5, 0.6) is 0 Å². The summed E-state index contributed by atoms with van der Waals surface area (Å²) in [4.78, 5) is 10.3. The summed E-state index contributed by atoms with van der Waals surface area (Å²) in [5.74, 6) is -0.491. The lowest BCUT2D eigenvalue weighted by Gasteiger charge is -2.25. The average Bonchev–Trinajstić information content (AvgIpc) is 2.30. The molecule has 0 amide bonds. The van der Waals surface area contributed by atoms with E-state index in [4.69, 9.17) is 0 Å². The first-order chi connectivity index (χ1) is 5.83. The molecule has 4 heteroatoms. The molecule has 0 unspecified atom stereocenters. The average molecular weight is 168 g/mol. The lowest BCUT2D eigenvalue weighted by atomic mass is 9.93. The van der Waals surface area contributed by atoms with Crippen LogP contribution in [-0.2, 0) is 0 Å². The Bertz CT molecular complexity index is 304. The van der Waals surface area contributed by atoms with Crippen LogP contribution >= 0.6 is 0 Å². The molecule has 3 nitrogen and oxygen atoms in total. The number of hydrogen-bond donors (Lipinski definition) is 0. The number of aldehydes is 1. The van der Waals surface area contributed by atoms with Gasteiger partial charge in [0.2, 0.25) is 5.95 Å². The lowest BCUT2D eigenvalue weighted by molar-refractivity contribution is 0.111. The van der Waals surface area contributed by atoms with Crippen LogP contribution in [0.15, 0.2) is 6.20 Å². The molecule has 0 aromatic carbocycles. The number of carbonyl (C=O) groups excluding carboxylic acids is 1. The van der Waals surface area contributed by atoms with E-state index in [0.29, 0.717) is 6.29 Å². The molecule has 0 bridgehead atoms. The molecule has 2 rings (SSSR count). The zero-order valence-corrected chi connectivity index (χ0v) is 6.53. The second-order valence-corrected chi connectivity index (χ2v) is 3.04. The van der Waals surface area contributed by atoms with Gasteiger partial charge in [0.25, 0.3) is 0 Å². The smallest absolute Gasteiger partial charge is 0.222 e. The van der Waals surface area contributed by atoms with Crippen molar-refractivity contribution in [2.75, 3.05) is 0 Å². The van der Waals surface area contributed by atoms with Crippen molar-refractivity contribution in [3.63, 3.8) is 0 Å². The van der Waals surface area contributed by atoms with Crippen LogP contribution in [0.2, 0.25) is 0 Å². The molecule has 1 aromatic rings. The SMILES string of the molecule is O=Cc1cnn(C2CCC2)c1F. The number of carbonyl (C=O) groups is 1. The van der Waals surface area contributed by atoms with E-state index in [0.717, 1.165) is 19.3 Å². The Balaban J connectivity index is 2.31. The number of aromatic nitrogens is 2. The van der Waals surface area contributed by atoms with E-state index in [2.05, 4.69) is 5.10 Å². The highest BCUT2D eigenvalue weighted by Gasteiger charge is 2.23. The molecule has 0 radical (unpaired) electrons. The van der Waals surface area contributed by atoms with Crippen molar-refractivity contribution in [1.29, 1.82) is 0 Å². The molecule has 0 N–H and O–H groups in total. The van der Waals surface area contributed by atoms with E-state index >= 15 is 0 Å². The Kier molecular flexibility index (Phi) is 1.67. The normalized spacial score (nSPS) is 17.4. The van der Waals surface area contributed by atoms with Crippen molar-refractivity contribution in [2.45, 2.75) is 25.3 Å².